The van der Waals surface area contributed by atoms with Gasteiger partial charge in [0.1, 0.15) is 5.69 Å². The maximum Gasteiger partial charge on any atom is 0.354 e. The van der Waals surface area contributed by atoms with E-state index in [2.05, 4.69) is 11.9 Å². The molecule has 21 heavy (non-hydrogen) atoms. The van der Waals surface area contributed by atoms with Crippen LogP contribution in [0.1, 0.15) is 36.7 Å². The van der Waals surface area contributed by atoms with Gasteiger partial charge in [0.25, 0.3) is 0 Å². The average molecular weight is 288 g/mol. The normalized spacial score (nSPS) is 28.0. The van der Waals surface area contributed by atoms with Gasteiger partial charge in [-0.05, 0) is 30.9 Å². The van der Waals surface area contributed by atoms with Gasteiger partial charge in [0.15, 0.2) is 0 Å². The molecule has 2 amide bonds. The first kappa shape index (κ1) is 13.7. The number of carboxylic acids is 1. The number of imide groups is 1. The van der Waals surface area contributed by atoms with Crippen LogP contribution in [0.25, 0.3) is 0 Å². The molecule has 0 spiro atoms. The molecule has 2 heterocycles. The molecule has 1 saturated carbocycles. The Balaban J connectivity index is 1.91. The lowest BCUT2D eigenvalue weighted by molar-refractivity contribution is -0.123. The minimum absolute atomic E-state index is 0.170. The van der Waals surface area contributed by atoms with Gasteiger partial charge in [-0.15, -0.1) is 0 Å². The number of fused-ring (bicyclic) bond motifs is 1. The Morgan fingerprint density at radius 1 is 1.33 bits per heavy atom. The second-order valence-corrected chi connectivity index (χ2v) is 5.67. The van der Waals surface area contributed by atoms with Gasteiger partial charge < -0.3 is 5.11 Å². The molecule has 0 radical (unpaired) electrons. The number of amides is 2. The van der Waals surface area contributed by atoms with Crippen molar-refractivity contribution in [3.63, 3.8) is 0 Å². The largest absolute Gasteiger partial charge is 0.477 e. The van der Waals surface area contributed by atoms with Crippen molar-refractivity contribution in [2.75, 3.05) is 4.90 Å². The van der Waals surface area contributed by atoms with Gasteiger partial charge in [-0.25, -0.2) is 14.7 Å². The summed E-state index contributed by atoms with van der Waals surface area (Å²) in [6, 6.07) is 2.77. The second-order valence-electron chi connectivity index (χ2n) is 5.67. The van der Waals surface area contributed by atoms with Gasteiger partial charge in [0.2, 0.25) is 11.8 Å². The maximum absolute atomic E-state index is 12.5. The zero-order valence-corrected chi connectivity index (χ0v) is 11.7. The van der Waals surface area contributed by atoms with Gasteiger partial charge in [0, 0.05) is 6.20 Å². The van der Waals surface area contributed by atoms with Gasteiger partial charge in [-0.1, -0.05) is 13.3 Å². The highest BCUT2D eigenvalue weighted by Crippen LogP contribution is 2.45. The molecule has 1 aliphatic heterocycles. The van der Waals surface area contributed by atoms with Gasteiger partial charge in [-0.3, -0.25) is 9.59 Å². The third kappa shape index (κ3) is 2.11. The van der Waals surface area contributed by atoms with Crippen LogP contribution in [0.15, 0.2) is 18.3 Å². The summed E-state index contributed by atoms with van der Waals surface area (Å²) < 4.78 is 0. The monoisotopic (exact) mass is 288 g/mol. The Kier molecular flexibility index (Phi) is 3.23. The molecular weight excluding hydrogens is 272 g/mol. The van der Waals surface area contributed by atoms with E-state index in [-0.39, 0.29) is 29.3 Å². The van der Waals surface area contributed by atoms with E-state index in [0.29, 0.717) is 11.6 Å². The summed E-state index contributed by atoms with van der Waals surface area (Å²) in [4.78, 5) is 40.8. The SMILES string of the molecule is CCC1CC2C(=O)N(c3ccnc(C(=O)O)c3)C(=O)C2C1. The molecule has 1 aromatic rings. The molecular formula is C15H16N2O4. The molecule has 6 nitrogen and oxygen atoms in total. The predicted octanol–water partition coefficient (Wildman–Crippen LogP) is 1.71. The number of pyridine rings is 1. The van der Waals surface area contributed by atoms with Crippen LogP contribution in [-0.4, -0.2) is 27.9 Å². The number of rotatable bonds is 3. The molecule has 110 valence electrons. The molecule has 1 aliphatic carbocycles. The molecule has 0 bridgehead atoms. The summed E-state index contributed by atoms with van der Waals surface area (Å²) in [5, 5.41) is 8.96. The summed E-state index contributed by atoms with van der Waals surface area (Å²) in [7, 11) is 0. The molecule has 2 atom stereocenters. The minimum Gasteiger partial charge on any atom is -0.477 e. The number of hydrogen-bond acceptors (Lipinski definition) is 4. The van der Waals surface area contributed by atoms with Crippen LogP contribution in [0.3, 0.4) is 0 Å². The number of hydrogen-bond donors (Lipinski definition) is 1. The fourth-order valence-corrected chi connectivity index (χ4v) is 3.39. The highest BCUT2D eigenvalue weighted by atomic mass is 16.4. The van der Waals surface area contributed by atoms with Gasteiger partial charge in [0.05, 0.1) is 17.5 Å². The van der Waals surface area contributed by atoms with Crippen molar-refractivity contribution < 1.29 is 19.5 Å². The zero-order valence-electron chi connectivity index (χ0n) is 11.7. The molecule has 1 N–H and O–H groups in total. The van der Waals surface area contributed by atoms with Gasteiger partial charge in [-0.2, -0.15) is 0 Å². The lowest BCUT2D eigenvalue weighted by Crippen LogP contribution is -2.32. The van der Waals surface area contributed by atoms with Crippen molar-refractivity contribution in [2.45, 2.75) is 26.2 Å². The van der Waals surface area contributed by atoms with E-state index in [4.69, 9.17) is 5.11 Å². The van der Waals surface area contributed by atoms with Crippen LogP contribution < -0.4 is 4.90 Å². The van der Waals surface area contributed by atoms with Crippen molar-refractivity contribution in [1.82, 2.24) is 4.98 Å². The Labute approximate surface area is 121 Å². The van der Waals surface area contributed by atoms with Crippen LogP contribution in [0, 0.1) is 17.8 Å². The molecule has 3 rings (SSSR count). The Bertz CT molecular complexity index is 604. The van der Waals surface area contributed by atoms with E-state index in [1.807, 2.05) is 0 Å². The van der Waals surface area contributed by atoms with Crippen molar-refractivity contribution >= 4 is 23.5 Å². The second kappa shape index (κ2) is 4.95. The Morgan fingerprint density at radius 2 is 1.95 bits per heavy atom. The number of carbonyl (C=O) groups excluding carboxylic acids is 2. The number of anilines is 1. The lowest BCUT2D eigenvalue weighted by Gasteiger charge is -2.17. The van der Waals surface area contributed by atoms with Crippen molar-refractivity contribution in [3.05, 3.63) is 24.0 Å². The number of nitrogens with zero attached hydrogens (tertiary/aromatic N) is 2. The number of aromatic nitrogens is 1. The molecule has 2 aliphatic rings. The molecule has 6 heteroatoms. The Morgan fingerprint density at radius 3 is 2.48 bits per heavy atom. The van der Waals surface area contributed by atoms with Crippen molar-refractivity contribution in [1.29, 1.82) is 0 Å². The number of carboxylic acid groups (broad SMARTS) is 1. The first-order chi connectivity index (χ1) is 10.0. The quantitative estimate of drug-likeness (QED) is 0.855. The van der Waals surface area contributed by atoms with Crippen LogP contribution in [-0.2, 0) is 9.59 Å². The van der Waals surface area contributed by atoms with Crippen LogP contribution in [0.2, 0.25) is 0 Å². The standard InChI is InChI=1S/C15H16N2O4/c1-2-8-5-10-11(6-8)14(19)17(13(10)18)9-3-4-16-12(7-9)15(20)21/h3-4,7-8,10-11H,2,5-6H2,1H3,(H,20,21). The fourth-order valence-electron chi connectivity index (χ4n) is 3.39. The van der Waals surface area contributed by atoms with Gasteiger partial charge >= 0.3 is 5.97 Å². The third-order valence-electron chi connectivity index (χ3n) is 4.53. The summed E-state index contributed by atoms with van der Waals surface area (Å²) in [5.74, 6) is -1.65. The maximum atomic E-state index is 12.5. The van der Waals surface area contributed by atoms with Crippen molar-refractivity contribution in [3.8, 4) is 0 Å². The summed E-state index contributed by atoms with van der Waals surface area (Å²) in [6.07, 6.45) is 3.78. The van der Waals surface area contributed by atoms with Crippen molar-refractivity contribution in [2.24, 2.45) is 17.8 Å². The molecule has 2 unspecified atom stereocenters. The zero-order chi connectivity index (χ0) is 15.1. The van der Waals surface area contributed by atoms with E-state index in [1.165, 1.54) is 18.3 Å². The van der Waals surface area contributed by atoms with E-state index >= 15 is 0 Å². The molecule has 0 aromatic carbocycles. The molecule has 1 saturated heterocycles. The first-order valence-electron chi connectivity index (χ1n) is 7.10. The predicted molar refractivity (Wildman–Crippen MR) is 73.7 cm³/mol. The highest BCUT2D eigenvalue weighted by Gasteiger charge is 2.52. The summed E-state index contributed by atoms with van der Waals surface area (Å²) in [5.41, 5.74) is 0.136. The number of carbonyl (C=O) groups is 3. The van der Waals surface area contributed by atoms with Crippen LogP contribution in [0.5, 0.6) is 0 Å². The van der Waals surface area contributed by atoms with E-state index in [1.54, 1.807) is 0 Å². The smallest absolute Gasteiger partial charge is 0.354 e. The third-order valence-corrected chi connectivity index (χ3v) is 4.53. The summed E-state index contributed by atoms with van der Waals surface area (Å²) >= 11 is 0. The average Bonchev–Trinajstić information content (AvgIpc) is 3.00. The summed E-state index contributed by atoms with van der Waals surface area (Å²) in [6.45, 7) is 2.07. The van der Waals surface area contributed by atoms with E-state index < -0.39 is 5.97 Å². The van der Waals surface area contributed by atoms with E-state index in [0.717, 1.165) is 24.2 Å². The van der Waals surface area contributed by atoms with Crippen LogP contribution in [0.4, 0.5) is 5.69 Å². The fraction of sp³-hybridized carbons (Fsp3) is 0.467. The number of aromatic carboxylic acids is 1. The van der Waals surface area contributed by atoms with Crippen LogP contribution >= 0.6 is 0 Å². The lowest BCUT2D eigenvalue weighted by atomic mass is 10.00. The molecule has 1 aromatic heterocycles. The highest BCUT2D eigenvalue weighted by molar-refractivity contribution is 6.22. The molecule has 2 fully saturated rings. The van der Waals surface area contributed by atoms with E-state index in [9.17, 15) is 14.4 Å². The topological polar surface area (TPSA) is 87.6 Å². The Hall–Kier alpha value is -2.24. The minimum atomic E-state index is -1.18. The first-order valence-corrected chi connectivity index (χ1v) is 7.10.